The molecule has 0 N–H and O–H groups in total. The van der Waals surface area contributed by atoms with E-state index in [0.717, 1.165) is 0 Å². The SMILES string of the molecule is Cc1cc(Oc2cnc(C#N)cn2)ccc1F. The van der Waals surface area contributed by atoms with Crippen LogP contribution in [0.5, 0.6) is 11.6 Å². The fraction of sp³-hybridized carbons (Fsp3) is 0.0833. The van der Waals surface area contributed by atoms with Gasteiger partial charge in [-0.15, -0.1) is 0 Å². The van der Waals surface area contributed by atoms with Gasteiger partial charge in [-0.05, 0) is 30.7 Å². The van der Waals surface area contributed by atoms with E-state index >= 15 is 0 Å². The molecule has 0 aliphatic heterocycles. The van der Waals surface area contributed by atoms with Crippen molar-refractivity contribution in [3.8, 4) is 17.7 Å². The molecule has 0 radical (unpaired) electrons. The summed E-state index contributed by atoms with van der Waals surface area (Å²) in [6.07, 6.45) is 2.66. The number of ether oxygens (including phenoxy) is 1. The Morgan fingerprint density at radius 3 is 2.71 bits per heavy atom. The molecule has 1 heterocycles. The van der Waals surface area contributed by atoms with Crippen LogP contribution in [0, 0.1) is 24.1 Å². The van der Waals surface area contributed by atoms with Crippen LogP contribution in [0.3, 0.4) is 0 Å². The van der Waals surface area contributed by atoms with Crippen molar-refractivity contribution in [1.29, 1.82) is 5.26 Å². The van der Waals surface area contributed by atoms with Gasteiger partial charge in [-0.1, -0.05) is 0 Å². The molecule has 0 atom stereocenters. The smallest absolute Gasteiger partial charge is 0.237 e. The Labute approximate surface area is 97.3 Å². The molecule has 1 aromatic carbocycles. The maximum atomic E-state index is 13.0. The van der Waals surface area contributed by atoms with Gasteiger partial charge in [-0.2, -0.15) is 5.26 Å². The van der Waals surface area contributed by atoms with Gasteiger partial charge in [0.2, 0.25) is 5.88 Å². The summed E-state index contributed by atoms with van der Waals surface area (Å²) in [5.41, 5.74) is 0.705. The molecular formula is C12H8FN3O. The summed E-state index contributed by atoms with van der Waals surface area (Å²) in [5, 5.41) is 8.55. The molecule has 0 spiro atoms. The zero-order valence-corrected chi connectivity index (χ0v) is 9.01. The molecule has 4 nitrogen and oxygen atoms in total. The molecule has 0 unspecified atom stereocenters. The van der Waals surface area contributed by atoms with Gasteiger partial charge >= 0.3 is 0 Å². The average molecular weight is 229 g/mol. The molecule has 1 aromatic heterocycles. The fourth-order valence-corrected chi connectivity index (χ4v) is 1.23. The normalized spacial score (nSPS) is 9.71. The predicted molar refractivity (Wildman–Crippen MR) is 58.0 cm³/mol. The maximum absolute atomic E-state index is 13.0. The second kappa shape index (κ2) is 4.58. The van der Waals surface area contributed by atoms with Crippen molar-refractivity contribution in [2.75, 3.05) is 0 Å². The fourth-order valence-electron chi connectivity index (χ4n) is 1.23. The second-order valence-corrected chi connectivity index (χ2v) is 3.36. The van der Waals surface area contributed by atoms with E-state index in [-0.39, 0.29) is 17.4 Å². The van der Waals surface area contributed by atoms with Crippen molar-refractivity contribution in [2.24, 2.45) is 0 Å². The van der Waals surface area contributed by atoms with E-state index in [0.29, 0.717) is 11.3 Å². The number of hydrogen-bond acceptors (Lipinski definition) is 4. The minimum Gasteiger partial charge on any atom is -0.437 e. The van der Waals surface area contributed by atoms with Gasteiger partial charge in [-0.3, -0.25) is 0 Å². The van der Waals surface area contributed by atoms with E-state index in [4.69, 9.17) is 10.00 Å². The molecular weight excluding hydrogens is 221 g/mol. The van der Waals surface area contributed by atoms with Crippen LogP contribution in [0.2, 0.25) is 0 Å². The van der Waals surface area contributed by atoms with Crippen LogP contribution in [0.25, 0.3) is 0 Å². The number of nitriles is 1. The highest BCUT2D eigenvalue weighted by Gasteiger charge is 2.03. The molecule has 84 valence electrons. The van der Waals surface area contributed by atoms with E-state index in [1.807, 2.05) is 6.07 Å². The summed E-state index contributed by atoms with van der Waals surface area (Å²) in [5.74, 6) is 0.446. The van der Waals surface area contributed by atoms with Crippen molar-refractivity contribution in [3.63, 3.8) is 0 Å². The Bertz CT molecular complexity index is 575. The minimum absolute atomic E-state index is 0.215. The third kappa shape index (κ3) is 2.55. The zero-order valence-electron chi connectivity index (χ0n) is 9.01. The van der Waals surface area contributed by atoms with Crippen molar-refractivity contribution < 1.29 is 9.13 Å². The van der Waals surface area contributed by atoms with E-state index < -0.39 is 0 Å². The summed E-state index contributed by atoms with van der Waals surface area (Å²) < 4.78 is 18.4. The number of benzene rings is 1. The quantitative estimate of drug-likeness (QED) is 0.794. The van der Waals surface area contributed by atoms with Gasteiger partial charge in [0, 0.05) is 0 Å². The molecule has 2 aromatic rings. The average Bonchev–Trinajstić information content (AvgIpc) is 2.35. The van der Waals surface area contributed by atoms with Crippen LogP contribution in [-0.2, 0) is 0 Å². The Morgan fingerprint density at radius 2 is 2.12 bits per heavy atom. The van der Waals surface area contributed by atoms with Gasteiger partial charge in [0.25, 0.3) is 0 Å². The number of nitrogens with zero attached hydrogens (tertiary/aromatic N) is 3. The minimum atomic E-state index is -0.289. The standard InChI is InChI=1S/C12H8FN3O/c1-8-4-10(2-3-11(8)13)17-12-7-15-9(5-14)6-16-12/h2-4,6-7H,1H3. The number of rotatable bonds is 2. The van der Waals surface area contributed by atoms with Gasteiger partial charge < -0.3 is 4.74 Å². The molecule has 0 amide bonds. The van der Waals surface area contributed by atoms with Crippen molar-refractivity contribution in [2.45, 2.75) is 6.92 Å². The number of aromatic nitrogens is 2. The lowest BCUT2D eigenvalue weighted by Gasteiger charge is -2.05. The highest BCUT2D eigenvalue weighted by Crippen LogP contribution is 2.21. The summed E-state index contributed by atoms with van der Waals surface area (Å²) in [6, 6.07) is 6.24. The lowest BCUT2D eigenvalue weighted by molar-refractivity contribution is 0.457. The molecule has 0 saturated heterocycles. The molecule has 0 aliphatic rings. The number of hydrogen-bond donors (Lipinski definition) is 0. The summed E-state index contributed by atoms with van der Waals surface area (Å²) in [4.78, 5) is 7.71. The van der Waals surface area contributed by atoms with Crippen LogP contribution in [0.15, 0.2) is 30.6 Å². The van der Waals surface area contributed by atoms with E-state index in [9.17, 15) is 4.39 Å². The highest BCUT2D eigenvalue weighted by atomic mass is 19.1. The molecule has 5 heteroatoms. The largest absolute Gasteiger partial charge is 0.437 e. The first-order valence-corrected chi connectivity index (χ1v) is 4.85. The summed E-state index contributed by atoms with van der Waals surface area (Å²) in [6.45, 7) is 1.65. The Hall–Kier alpha value is -2.48. The maximum Gasteiger partial charge on any atom is 0.237 e. The molecule has 0 bridgehead atoms. The lowest BCUT2D eigenvalue weighted by atomic mass is 10.2. The Morgan fingerprint density at radius 1 is 1.29 bits per heavy atom. The summed E-state index contributed by atoms with van der Waals surface area (Å²) >= 11 is 0. The second-order valence-electron chi connectivity index (χ2n) is 3.36. The number of halogens is 1. The van der Waals surface area contributed by atoms with Crippen LogP contribution >= 0.6 is 0 Å². The highest BCUT2D eigenvalue weighted by molar-refractivity contribution is 5.31. The van der Waals surface area contributed by atoms with Gasteiger partial charge in [0.15, 0.2) is 5.69 Å². The van der Waals surface area contributed by atoms with Crippen LogP contribution < -0.4 is 4.74 Å². The Kier molecular flexibility index (Phi) is 2.97. The molecule has 17 heavy (non-hydrogen) atoms. The van der Waals surface area contributed by atoms with Gasteiger partial charge in [0.05, 0.1) is 12.4 Å². The van der Waals surface area contributed by atoms with Crippen molar-refractivity contribution in [3.05, 3.63) is 47.7 Å². The topological polar surface area (TPSA) is 58.8 Å². The first kappa shape index (κ1) is 11.0. The summed E-state index contributed by atoms with van der Waals surface area (Å²) in [7, 11) is 0. The van der Waals surface area contributed by atoms with Crippen LogP contribution in [-0.4, -0.2) is 9.97 Å². The van der Waals surface area contributed by atoms with Gasteiger partial charge in [0.1, 0.15) is 17.6 Å². The first-order chi connectivity index (χ1) is 8.19. The number of aryl methyl sites for hydroxylation is 1. The van der Waals surface area contributed by atoms with Crippen molar-refractivity contribution >= 4 is 0 Å². The lowest BCUT2D eigenvalue weighted by Crippen LogP contribution is -1.92. The molecule has 0 saturated carbocycles. The van der Waals surface area contributed by atoms with Crippen LogP contribution in [0.4, 0.5) is 4.39 Å². The first-order valence-electron chi connectivity index (χ1n) is 4.85. The van der Waals surface area contributed by atoms with E-state index in [2.05, 4.69) is 9.97 Å². The molecule has 2 rings (SSSR count). The van der Waals surface area contributed by atoms with Crippen molar-refractivity contribution in [1.82, 2.24) is 9.97 Å². The third-order valence-electron chi connectivity index (χ3n) is 2.09. The Balaban J connectivity index is 2.20. The molecule has 0 fully saturated rings. The molecule has 0 aliphatic carbocycles. The monoisotopic (exact) mass is 229 g/mol. The van der Waals surface area contributed by atoms with E-state index in [1.165, 1.54) is 24.5 Å². The van der Waals surface area contributed by atoms with Gasteiger partial charge in [-0.25, -0.2) is 14.4 Å². The van der Waals surface area contributed by atoms with E-state index in [1.54, 1.807) is 13.0 Å². The third-order valence-corrected chi connectivity index (χ3v) is 2.09. The predicted octanol–water partition coefficient (Wildman–Crippen LogP) is 2.59. The van der Waals surface area contributed by atoms with Crippen LogP contribution in [0.1, 0.15) is 11.3 Å². The zero-order chi connectivity index (χ0) is 12.3.